The van der Waals surface area contributed by atoms with E-state index in [9.17, 15) is 0 Å². The summed E-state index contributed by atoms with van der Waals surface area (Å²) in [7, 11) is 0. The van der Waals surface area contributed by atoms with Gasteiger partial charge in [0.05, 0.1) is 0 Å². The SMILES string of the molecule is Cc1cccc2c1-c1ccc(N(c3ccc(-c4ccccc4-c4ccc5ccccc5c4)cc3)c3ccc(-c4cc(-c5ccccc5)c(-c5ccc(N(c6ccccc6)c6ccccc6)cc5)cc4-c4ccccc4)cc3)cc1C2(C)C. The molecule has 0 unspecified atom stereocenters. The zero-order valence-corrected chi connectivity index (χ0v) is 46.3. The van der Waals surface area contributed by atoms with Gasteiger partial charge in [-0.15, -0.1) is 0 Å². The lowest BCUT2D eigenvalue weighted by Crippen LogP contribution is -2.16. The first kappa shape index (κ1) is 50.0. The van der Waals surface area contributed by atoms with Crippen molar-refractivity contribution in [1.82, 2.24) is 0 Å². The quantitative estimate of drug-likeness (QED) is 0.120. The first-order valence-corrected chi connectivity index (χ1v) is 28.5. The maximum atomic E-state index is 2.44. The predicted molar refractivity (Wildman–Crippen MR) is 348 cm³/mol. The Kier molecular flexibility index (Phi) is 12.8. The Morgan fingerprint density at radius 2 is 0.610 bits per heavy atom. The molecule has 0 amide bonds. The lowest BCUT2D eigenvalue weighted by atomic mass is 9.82. The van der Waals surface area contributed by atoms with Crippen LogP contribution in [0.4, 0.5) is 34.1 Å². The molecule has 390 valence electrons. The second-order valence-corrected chi connectivity index (χ2v) is 22.1. The van der Waals surface area contributed by atoms with Gasteiger partial charge >= 0.3 is 0 Å². The molecule has 14 rings (SSSR count). The predicted octanol–water partition coefficient (Wildman–Crippen LogP) is 22.4. The average molecular weight is 1050 g/mol. The van der Waals surface area contributed by atoms with E-state index < -0.39 is 0 Å². The molecule has 82 heavy (non-hydrogen) atoms. The molecule has 0 bridgehead atoms. The molecule has 0 spiro atoms. The van der Waals surface area contributed by atoms with Crippen molar-refractivity contribution in [1.29, 1.82) is 0 Å². The second kappa shape index (κ2) is 21.1. The molecule has 0 saturated heterocycles. The smallest absolute Gasteiger partial charge is 0.0465 e. The number of aryl methyl sites for hydroxylation is 1. The Morgan fingerprint density at radius 1 is 0.232 bits per heavy atom. The monoisotopic (exact) mass is 1050 g/mol. The molecule has 0 aromatic heterocycles. The van der Waals surface area contributed by atoms with E-state index in [1.54, 1.807) is 0 Å². The largest absolute Gasteiger partial charge is 0.311 e. The van der Waals surface area contributed by atoms with Crippen LogP contribution in [0, 0.1) is 6.92 Å². The molecule has 13 aromatic rings. The highest BCUT2D eigenvalue weighted by molar-refractivity contribution is 5.97. The van der Waals surface area contributed by atoms with Crippen molar-refractivity contribution in [2.45, 2.75) is 26.2 Å². The van der Waals surface area contributed by atoms with Gasteiger partial charge in [0, 0.05) is 39.5 Å². The van der Waals surface area contributed by atoms with E-state index >= 15 is 0 Å². The third-order valence-electron chi connectivity index (χ3n) is 16.8. The fourth-order valence-corrected chi connectivity index (χ4v) is 12.7. The molecule has 13 aromatic carbocycles. The van der Waals surface area contributed by atoms with E-state index in [1.165, 1.54) is 94.2 Å². The van der Waals surface area contributed by atoms with Gasteiger partial charge in [0.2, 0.25) is 0 Å². The molecule has 0 aliphatic heterocycles. The Morgan fingerprint density at radius 3 is 1.12 bits per heavy atom. The van der Waals surface area contributed by atoms with Crippen molar-refractivity contribution in [2.24, 2.45) is 0 Å². The van der Waals surface area contributed by atoms with Gasteiger partial charge in [0.25, 0.3) is 0 Å². The third-order valence-corrected chi connectivity index (χ3v) is 16.8. The summed E-state index contributed by atoms with van der Waals surface area (Å²) in [5.41, 5.74) is 27.3. The number of benzene rings is 13. The average Bonchev–Trinajstić information content (AvgIpc) is 3.67. The molecule has 0 radical (unpaired) electrons. The minimum absolute atomic E-state index is 0.165. The van der Waals surface area contributed by atoms with Gasteiger partial charge in [0.1, 0.15) is 0 Å². The van der Waals surface area contributed by atoms with Gasteiger partial charge in [-0.1, -0.05) is 232 Å². The maximum absolute atomic E-state index is 2.44. The van der Waals surface area contributed by atoms with Crippen LogP contribution < -0.4 is 9.80 Å². The van der Waals surface area contributed by atoms with Crippen LogP contribution in [0.3, 0.4) is 0 Å². The minimum Gasteiger partial charge on any atom is -0.311 e. The third kappa shape index (κ3) is 9.15. The van der Waals surface area contributed by atoms with Gasteiger partial charge in [-0.05, 0) is 203 Å². The first-order chi connectivity index (χ1) is 40.3. The van der Waals surface area contributed by atoms with Crippen LogP contribution in [-0.2, 0) is 5.41 Å². The van der Waals surface area contributed by atoms with E-state index in [4.69, 9.17) is 0 Å². The fourth-order valence-electron chi connectivity index (χ4n) is 12.7. The summed E-state index contributed by atoms with van der Waals surface area (Å²) >= 11 is 0. The second-order valence-electron chi connectivity index (χ2n) is 22.1. The lowest BCUT2D eigenvalue weighted by molar-refractivity contribution is 0.660. The van der Waals surface area contributed by atoms with Crippen molar-refractivity contribution < 1.29 is 0 Å². The summed E-state index contributed by atoms with van der Waals surface area (Å²) in [5, 5.41) is 2.49. The van der Waals surface area contributed by atoms with Crippen LogP contribution in [0.5, 0.6) is 0 Å². The van der Waals surface area contributed by atoms with Crippen LogP contribution >= 0.6 is 0 Å². The molecule has 0 fully saturated rings. The highest BCUT2D eigenvalue weighted by Crippen LogP contribution is 2.52. The van der Waals surface area contributed by atoms with Gasteiger partial charge in [-0.2, -0.15) is 0 Å². The van der Waals surface area contributed by atoms with Gasteiger partial charge in [0.15, 0.2) is 0 Å². The molecule has 2 heteroatoms. The minimum atomic E-state index is -0.165. The number of hydrogen-bond acceptors (Lipinski definition) is 2. The normalized spacial score (nSPS) is 12.2. The van der Waals surface area contributed by atoms with Crippen molar-refractivity contribution in [3.63, 3.8) is 0 Å². The summed E-state index contributed by atoms with van der Waals surface area (Å²) in [6.07, 6.45) is 0. The summed E-state index contributed by atoms with van der Waals surface area (Å²) in [5.74, 6) is 0. The maximum Gasteiger partial charge on any atom is 0.0465 e. The number of anilines is 6. The van der Waals surface area contributed by atoms with E-state index in [0.717, 1.165) is 45.3 Å². The van der Waals surface area contributed by atoms with Crippen molar-refractivity contribution in [3.05, 3.63) is 326 Å². The first-order valence-electron chi connectivity index (χ1n) is 28.5. The zero-order valence-electron chi connectivity index (χ0n) is 46.3. The van der Waals surface area contributed by atoms with Gasteiger partial charge in [-0.3, -0.25) is 0 Å². The number of fused-ring (bicyclic) bond motifs is 4. The summed E-state index contributed by atoms with van der Waals surface area (Å²) < 4.78 is 0. The van der Waals surface area contributed by atoms with E-state index in [-0.39, 0.29) is 5.41 Å². The topological polar surface area (TPSA) is 6.48 Å². The number of rotatable bonds is 12. The molecule has 1 aliphatic carbocycles. The van der Waals surface area contributed by atoms with Crippen molar-refractivity contribution in [3.8, 4) is 77.9 Å². The van der Waals surface area contributed by atoms with Crippen LogP contribution in [0.2, 0.25) is 0 Å². The summed E-state index contributed by atoms with van der Waals surface area (Å²) in [6.45, 7) is 7.00. The van der Waals surface area contributed by atoms with E-state index in [0.29, 0.717) is 0 Å². The van der Waals surface area contributed by atoms with Crippen LogP contribution in [0.15, 0.2) is 309 Å². The van der Waals surface area contributed by atoms with E-state index in [1.807, 2.05) is 0 Å². The lowest BCUT2D eigenvalue weighted by Gasteiger charge is -2.28. The van der Waals surface area contributed by atoms with E-state index in [2.05, 4.69) is 340 Å². The number of hydrogen-bond donors (Lipinski definition) is 0. The fraction of sp³-hybridized carbons (Fsp3) is 0.0500. The molecule has 0 heterocycles. The molecular weight excluding hydrogens is 989 g/mol. The Labute approximate surface area is 482 Å². The van der Waals surface area contributed by atoms with Gasteiger partial charge in [-0.25, -0.2) is 0 Å². The number of nitrogens with zero attached hydrogens (tertiary/aromatic N) is 2. The van der Waals surface area contributed by atoms with Crippen molar-refractivity contribution >= 4 is 44.9 Å². The number of para-hydroxylation sites is 2. The van der Waals surface area contributed by atoms with Crippen LogP contribution in [0.25, 0.3) is 88.7 Å². The molecule has 1 aliphatic rings. The molecule has 0 N–H and O–H groups in total. The van der Waals surface area contributed by atoms with Crippen LogP contribution in [0.1, 0.15) is 30.5 Å². The van der Waals surface area contributed by atoms with Crippen molar-refractivity contribution in [2.75, 3.05) is 9.80 Å². The highest BCUT2D eigenvalue weighted by atomic mass is 15.1. The Balaban J connectivity index is 0.883. The van der Waals surface area contributed by atoms with Crippen LogP contribution in [-0.4, -0.2) is 0 Å². The standard InChI is InChI=1S/C80H60N2/c1-55-21-20-34-77-79(55)72-50-49-69(52-78(72)80(77,2)3)82(67-43-37-59(38-44-67)70-32-18-19-33-71(70)63-36-35-56-22-16-17-27-62(56)51-63)68-47-41-61(42-48-68)76-54-73(57-23-8-4-9-24-57)75(53-74(76)58-25-10-5-11-26-58)60-39-45-66(46-40-60)81(64-28-12-6-13-29-64)65-30-14-7-15-31-65/h4-54H,1-3H3. The summed E-state index contributed by atoms with van der Waals surface area (Å²) in [6, 6.07) is 113. The Bertz CT molecular complexity index is 4390. The molecular formula is C80H60N2. The molecule has 2 nitrogen and oxygen atoms in total. The molecule has 0 atom stereocenters. The zero-order chi connectivity index (χ0) is 55.2. The van der Waals surface area contributed by atoms with Gasteiger partial charge < -0.3 is 9.80 Å². The molecule has 0 saturated carbocycles. The Hall–Kier alpha value is -10.3. The highest BCUT2D eigenvalue weighted by Gasteiger charge is 2.37. The summed E-state index contributed by atoms with van der Waals surface area (Å²) in [4.78, 5) is 4.75.